The molecule has 1 aliphatic heterocycles. The molecule has 7 aromatic rings. The minimum absolute atomic E-state index is 0.160. The van der Waals surface area contributed by atoms with Crippen molar-refractivity contribution >= 4 is 34.5 Å². The second-order valence-corrected chi connectivity index (χ2v) is 12.5. The van der Waals surface area contributed by atoms with E-state index < -0.39 is 6.29 Å². The fourth-order valence-electron chi connectivity index (χ4n) is 6.80. The first kappa shape index (κ1) is 33.7. The molecule has 0 bridgehead atoms. The third kappa shape index (κ3) is 6.38. The molecule has 0 spiro atoms. The van der Waals surface area contributed by atoms with Crippen LogP contribution in [0, 0.1) is 0 Å². The lowest BCUT2D eigenvalue weighted by atomic mass is 10.0. The van der Waals surface area contributed by atoms with E-state index in [-0.39, 0.29) is 11.9 Å². The zero-order valence-corrected chi connectivity index (χ0v) is 29.6. The zero-order valence-electron chi connectivity index (χ0n) is 29.6. The molecular formula is C39H39N11O3. The van der Waals surface area contributed by atoms with Crippen LogP contribution in [0.15, 0.2) is 97.7 Å². The van der Waals surface area contributed by atoms with Gasteiger partial charge in [-0.2, -0.15) is 5.10 Å². The van der Waals surface area contributed by atoms with Crippen molar-refractivity contribution in [3.8, 4) is 22.9 Å². The zero-order chi connectivity index (χ0) is 36.5. The van der Waals surface area contributed by atoms with Gasteiger partial charge in [-0.1, -0.05) is 19.9 Å². The Bertz CT molecular complexity index is 2410. The second kappa shape index (κ2) is 14.3. The molecule has 1 aliphatic carbocycles. The Balaban J connectivity index is 0.00000197. The van der Waals surface area contributed by atoms with Crippen LogP contribution in [0.2, 0.25) is 0 Å². The number of carbonyl (C=O) groups is 1. The Morgan fingerprint density at radius 2 is 1.77 bits per heavy atom. The smallest absolute Gasteiger partial charge is 0.251 e. The summed E-state index contributed by atoms with van der Waals surface area (Å²) in [5.74, 6) is 2.17. The normalized spacial score (nSPS) is 15.3. The molecule has 1 unspecified atom stereocenters. The van der Waals surface area contributed by atoms with Gasteiger partial charge in [-0.25, -0.2) is 24.6 Å². The summed E-state index contributed by atoms with van der Waals surface area (Å²) in [6.07, 6.45) is 9.78. The van der Waals surface area contributed by atoms with Gasteiger partial charge in [-0.05, 0) is 84.6 Å². The highest BCUT2D eigenvalue weighted by Crippen LogP contribution is 2.37. The van der Waals surface area contributed by atoms with Crippen molar-refractivity contribution in [3.63, 3.8) is 0 Å². The summed E-state index contributed by atoms with van der Waals surface area (Å²) < 4.78 is 17.3. The molecular weight excluding hydrogens is 671 g/mol. The van der Waals surface area contributed by atoms with Crippen molar-refractivity contribution in [1.29, 1.82) is 0 Å². The first-order valence-electron chi connectivity index (χ1n) is 17.7. The monoisotopic (exact) mass is 709 g/mol. The third-order valence-corrected chi connectivity index (χ3v) is 9.33. The van der Waals surface area contributed by atoms with Crippen molar-refractivity contribution in [1.82, 2.24) is 44.2 Å². The number of rotatable bonds is 8. The van der Waals surface area contributed by atoms with E-state index in [0.717, 1.165) is 40.9 Å². The average Bonchev–Trinajstić information content (AvgIpc) is 4.04. The van der Waals surface area contributed by atoms with E-state index in [4.69, 9.17) is 25.2 Å². The Labute approximate surface area is 305 Å². The fourth-order valence-corrected chi connectivity index (χ4v) is 6.80. The number of nitrogen functional groups attached to an aromatic ring is 1. The van der Waals surface area contributed by atoms with Crippen molar-refractivity contribution in [2.24, 2.45) is 7.05 Å². The maximum atomic E-state index is 13.7. The number of ether oxygens (including phenoxy) is 2. The van der Waals surface area contributed by atoms with Crippen LogP contribution in [0.1, 0.15) is 59.6 Å². The molecule has 14 nitrogen and oxygen atoms in total. The lowest BCUT2D eigenvalue weighted by Crippen LogP contribution is -2.27. The summed E-state index contributed by atoms with van der Waals surface area (Å²) in [6.45, 7) is 4.97. The van der Waals surface area contributed by atoms with E-state index in [1.54, 1.807) is 29.3 Å². The quantitative estimate of drug-likeness (QED) is 0.165. The van der Waals surface area contributed by atoms with Crippen LogP contribution in [0.4, 0.5) is 17.5 Å². The predicted molar refractivity (Wildman–Crippen MR) is 201 cm³/mol. The minimum atomic E-state index is -0.581. The van der Waals surface area contributed by atoms with Crippen LogP contribution in [-0.4, -0.2) is 58.0 Å². The highest BCUT2D eigenvalue weighted by Gasteiger charge is 2.28. The Morgan fingerprint density at radius 3 is 2.55 bits per heavy atom. The minimum Gasteiger partial charge on any atom is -0.383 e. The summed E-state index contributed by atoms with van der Waals surface area (Å²) in [6, 6.07) is 21.0. The van der Waals surface area contributed by atoms with Gasteiger partial charge >= 0.3 is 0 Å². The van der Waals surface area contributed by atoms with Crippen LogP contribution < -0.4 is 16.4 Å². The lowest BCUT2D eigenvalue weighted by Gasteiger charge is -2.19. The van der Waals surface area contributed by atoms with Gasteiger partial charge in [-0.15, -0.1) is 0 Å². The van der Waals surface area contributed by atoms with Crippen molar-refractivity contribution < 1.29 is 14.3 Å². The number of hydrogen-bond donors (Lipinski definition) is 3. The maximum absolute atomic E-state index is 13.7. The highest BCUT2D eigenvalue weighted by atomic mass is 16.7. The summed E-state index contributed by atoms with van der Waals surface area (Å²) >= 11 is 0. The Hall–Kier alpha value is -6.38. The molecule has 14 heteroatoms. The molecule has 1 amide bonds. The number of hydrogen-bond acceptors (Lipinski definition) is 10. The summed E-state index contributed by atoms with van der Waals surface area (Å²) in [5.41, 5.74) is 13.5. The van der Waals surface area contributed by atoms with Crippen molar-refractivity contribution in [2.75, 3.05) is 24.3 Å². The van der Waals surface area contributed by atoms with E-state index in [9.17, 15) is 4.79 Å². The van der Waals surface area contributed by atoms with Gasteiger partial charge in [0.1, 0.15) is 11.3 Å². The van der Waals surface area contributed by atoms with Crippen LogP contribution in [0.5, 0.6) is 0 Å². The summed E-state index contributed by atoms with van der Waals surface area (Å²) in [7, 11) is 1.91. The standard InChI is InChI=1S/C37H33N11O3.C2H6/c1-46-17-15-40-37(46)44-29-10-6-23(21-27(29)36-50-18-19-51-36)35(49)43-28-9-5-22-20-24(7-8-25(22)28)48-33(26-4-2-13-39-32(26)38)42-30-11-12-31(45-34(30)48)47-16-3-14-41-47;1-2/h2-4,6-8,10-17,20-21,28,36H,5,9,18-19H2,1H3,(H2,38,39)(H,40,44)(H,43,49);1-2H3. The Morgan fingerprint density at radius 1 is 0.906 bits per heavy atom. The van der Waals surface area contributed by atoms with Crippen LogP contribution in [0.25, 0.3) is 34.1 Å². The summed E-state index contributed by atoms with van der Waals surface area (Å²) in [4.78, 5) is 32.4. The lowest BCUT2D eigenvalue weighted by molar-refractivity contribution is -0.0435. The summed E-state index contributed by atoms with van der Waals surface area (Å²) in [5, 5.41) is 11.0. The molecule has 1 atom stereocenters. The van der Waals surface area contributed by atoms with Crippen LogP contribution in [-0.2, 0) is 22.9 Å². The van der Waals surface area contributed by atoms with E-state index in [1.807, 2.05) is 91.0 Å². The molecule has 268 valence electrons. The molecule has 2 aliphatic rings. The Kier molecular flexibility index (Phi) is 9.12. The number of nitrogens with zero attached hydrogens (tertiary/aromatic N) is 8. The number of amides is 1. The number of anilines is 3. The molecule has 0 radical (unpaired) electrons. The second-order valence-electron chi connectivity index (χ2n) is 12.5. The predicted octanol–water partition coefficient (Wildman–Crippen LogP) is 6.22. The molecule has 9 rings (SSSR count). The van der Waals surface area contributed by atoms with Crippen molar-refractivity contribution in [3.05, 3.63) is 120 Å². The molecule has 6 heterocycles. The number of fused-ring (bicyclic) bond motifs is 2. The molecule has 2 aromatic carbocycles. The van der Waals surface area contributed by atoms with Gasteiger partial charge in [0.05, 0.1) is 24.8 Å². The topological polar surface area (TPSA) is 165 Å². The number of aryl methyl sites for hydroxylation is 2. The number of benzene rings is 2. The van der Waals surface area contributed by atoms with Gasteiger partial charge in [0.15, 0.2) is 23.6 Å². The number of carbonyl (C=O) groups excluding carboxylic acids is 1. The maximum Gasteiger partial charge on any atom is 0.251 e. The van der Waals surface area contributed by atoms with Gasteiger partial charge in [0.25, 0.3) is 5.91 Å². The average molecular weight is 710 g/mol. The van der Waals surface area contributed by atoms with Gasteiger partial charge in [0.2, 0.25) is 5.95 Å². The first-order chi connectivity index (χ1) is 26.0. The van der Waals surface area contributed by atoms with E-state index >= 15 is 0 Å². The molecule has 5 aromatic heterocycles. The van der Waals surface area contributed by atoms with E-state index in [2.05, 4.69) is 37.8 Å². The molecule has 0 saturated carbocycles. The number of pyridine rings is 2. The van der Waals surface area contributed by atoms with Crippen LogP contribution >= 0.6 is 0 Å². The van der Waals surface area contributed by atoms with Gasteiger partial charge in [-0.3, -0.25) is 9.36 Å². The molecule has 1 saturated heterocycles. The molecule has 1 fully saturated rings. The number of imidazole rings is 2. The largest absolute Gasteiger partial charge is 0.383 e. The SMILES string of the molecule is CC.Cn1ccnc1Nc1ccc(C(=O)NC2CCc3cc(-n4c(-c5cccnc5N)nc5ccc(-n6cccn6)nc54)ccc32)cc1C1OCCO1. The van der Waals surface area contributed by atoms with Crippen LogP contribution in [0.3, 0.4) is 0 Å². The van der Waals surface area contributed by atoms with Crippen molar-refractivity contribution in [2.45, 2.75) is 39.0 Å². The number of nitrogens with two attached hydrogens (primary N) is 1. The van der Waals surface area contributed by atoms with Gasteiger partial charge < -0.3 is 30.4 Å². The highest BCUT2D eigenvalue weighted by molar-refractivity contribution is 5.95. The number of nitrogens with one attached hydrogen (secondary N) is 2. The van der Waals surface area contributed by atoms with Gasteiger partial charge in [0, 0.05) is 60.5 Å². The van der Waals surface area contributed by atoms with E-state index in [0.29, 0.717) is 58.9 Å². The number of aromatic nitrogens is 8. The fraction of sp³-hybridized carbons (Fsp3) is 0.231. The molecule has 4 N–H and O–H groups in total. The molecule has 53 heavy (non-hydrogen) atoms. The van der Waals surface area contributed by atoms with E-state index in [1.165, 1.54) is 0 Å². The third-order valence-electron chi connectivity index (χ3n) is 9.33. The first-order valence-corrected chi connectivity index (χ1v) is 17.7.